The van der Waals surface area contributed by atoms with E-state index in [1.165, 1.54) is 0 Å². The van der Waals surface area contributed by atoms with Crippen molar-refractivity contribution in [1.29, 1.82) is 0 Å². The average molecular weight is 441 g/mol. The Labute approximate surface area is 182 Å². The summed E-state index contributed by atoms with van der Waals surface area (Å²) in [5.41, 5.74) is 3.48. The average Bonchev–Trinajstić information content (AvgIpc) is 3.13. The Kier molecular flexibility index (Phi) is 5.49. The number of amides is 1. The van der Waals surface area contributed by atoms with Gasteiger partial charge in [-0.25, -0.2) is 4.98 Å². The minimum atomic E-state index is -0.389. The third-order valence-corrected chi connectivity index (χ3v) is 5.08. The molecule has 1 amide bonds. The van der Waals surface area contributed by atoms with Crippen LogP contribution in [0.2, 0.25) is 10.0 Å². The van der Waals surface area contributed by atoms with Gasteiger partial charge in [-0.15, -0.1) is 0 Å². The predicted molar refractivity (Wildman–Crippen MR) is 122 cm³/mol. The molecular weight excluding hydrogens is 427 g/mol. The molecule has 0 fully saturated rings. The molecule has 144 valence electrons. The Bertz CT molecular complexity index is 1210. The standard InChI is InChI=1S/C21H14Cl2N4OS/c22-15-6-2-1-5-13(15)20(28)27-21(29)24-12-9-10-16(23)14(11-12)19-25-17-7-3-4-8-18(17)26-19/h1-11H,(H,25,26)(H2,24,27,28,29). The first kappa shape index (κ1) is 19.4. The summed E-state index contributed by atoms with van der Waals surface area (Å²) in [7, 11) is 0. The Morgan fingerprint density at radius 2 is 1.72 bits per heavy atom. The van der Waals surface area contributed by atoms with Gasteiger partial charge in [0.25, 0.3) is 5.91 Å². The fourth-order valence-corrected chi connectivity index (χ4v) is 3.48. The van der Waals surface area contributed by atoms with Crippen molar-refractivity contribution in [3.8, 4) is 11.4 Å². The Morgan fingerprint density at radius 1 is 0.966 bits per heavy atom. The van der Waals surface area contributed by atoms with Gasteiger partial charge in [-0.1, -0.05) is 47.5 Å². The van der Waals surface area contributed by atoms with Gasteiger partial charge >= 0.3 is 0 Å². The lowest BCUT2D eigenvalue weighted by Crippen LogP contribution is -2.34. The number of benzene rings is 3. The van der Waals surface area contributed by atoms with E-state index in [4.69, 9.17) is 35.4 Å². The fraction of sp³-hybridized carbons (Fsp3) is 0. The van der Waals surface area contributed by atoms with Crippen LogP contribution >= 0.6 is 35.4 Å². The molecule has 0 aliphatic heterocycles. The maximum atomic E-state index is 12.3. The first-order valence-corrected chi connectivity index (χ1v) is 9.79. The minimum absolute atomic E-state index is 0.146. The lowest BCUT2D eigenvalue weighted by atomic mass is 10.2. The Hall–Kier alpha value is -2.93. The van der Waals surface area contributed by atoms with Crippen molar-refractivity contribution in [1.82, 2.24) is 15.3 Å². The largest absolute Gasteiger partial charge is 0.338 e. The molecule has 29 heavy (non-hydrogen) atoms. The minimum Gasteiger partial charge on any atom is -0.338 e. The smallest absolute Gasteiger partial charge is 0.258 e. The molecule has 1 heterocycles. The van der Waals surface area contributed by atoms with E-state index < -0.39 is 0 Å². The molecule has 0 spiro atoms. The molecule has 4 aromatic rings. The molecule has 0 radical (unpaired) electrons. The van der Waals surface area contributed by atoms with E-state index in [2.05, 4.69) is 20.6 Å². The van der Waals surface area contributed by atoms with Crippen LogP contribution in [0.15, 0.2) is 66.7 Å². The van der Waals surface area contributed by atoms with Crippen LogP contribution in [0.5, 0.6) is 0 Å². The predicted octanol–water partition coefficient (Wildman–Crippen LogP) is 5.66. The summed E-state index contributed by atoms with van der Waals surface area (Å²) in [5, 5.41) is 6.65. The number of thiocarbonyl (C=S) groups is 1. The third kappa shape index (κ3) is 4.24. The van der Waals surface area contributed by atoms with Crippen LogP contribution in [0.3, 0.4) is 0 Å². The summed E-state index contributed by atoms with van der Waals surface area (Å²) in [4.78, 5) is 20.2. The van der Waals surface area contributed by atoms with Crippen LogP contribution in [0, 0.1) is 0 Å². The summed E-state index contributed by atoms with van der Waals surface area (Å²) >= 11 is 17.7. The number of hydrogen-bond acceptors (Lipinski definition) is 3. The van der Waals surface area contributed by atoms with Gasteiger partial charge in [0.05, 0.1) is 26.6 Å². The van der Waals surface area contributed by atoms with Gasteiger partial charge in [-0.3, -0.25) is 10.1 Å². The number of H-pyrrole nitrogens is 1. The number of nitrogens with zero attached hydrogens (tertiary/aromatic N) is 1. The summed E-state index contributed by atoms with van der Waals surface area (Å²) in [5.74, 6) is 0.255. The molecule has 4 rings (SSSR count). The Morgan fingerprint density at radius 3 is 2.52 bits per heavy atom. The highest BCUT2D eigenvalue weighted by Gasteiger charge is 2.13. The van der Waals surface area contributed by atoms with Gasteiger partial charge in [0.2, 0.25) is 0 Å². The van der Waals surface area contributed by atoms with E-state index in [-0.39, 0.29) is 11.0 Å². The zero-order valence-electron chi connectivity index (χ0n) is 14.9. The number of rotatable bonds is 3. The Balaban J connectivity index is 1.53. The summed E-state index contributed by atoms with van der Waals surface area (Å²) < 4.78 is 0. The van der Waals surface area contributed by atoms with Crippen molar-refractivity contribution in [3.63, 3.8) is 0 Å². The van der Waals surface area contributed by atoms with E-state index >= 15 is 0 Å². The number of halogens is 2. The zero-order chi connectivity index (χ0) is 20.4. The molecule has 8 heteroatoms. The molecule has 0 aliphatic rings. The van der Waals surface area contributed by atoms with E-state index in [0.717, 1.165) is 11.0 Å². The maximum absolute atomic E-state index is 12.3. The fourth-order valence-electron chi connectivity index (χ4n) is 2.84. The summed E-state index contributed by atoms with van der Waals surface area (Å²) in [6.07, 6.45) is 0. The van der Waals surface area contributed by atoms with Crippen molar-refractivity contribution in [2.45, 2.75) is 0 Å². The maximum Gasteiger partial charge on any atom is 0.258 e. The lowest BCUT2D eigenvalue weighted by Gasteiger charge is -2.11. The molecule has 0 saturated heterocycles. The first-order valence-electron chi connectivity index (χ1n) is 8.63. The van der Waals surface area contributed by atoms with Crippen LogP contribution in [0.25, 0.3) is 22.4 Å². The molecule has 0 unspecified atom stereocenters. The van der Waals surface area contributed by atoms with Crippen molar-refractivity contribution in [2.75, 3.05) is 5.32 Å². The SMILES string of the molecule is O=C(NC(=S)Nc1ccc(Cl)c(-c2nc3ccccc3[nH]2)c1)c1ccccc1Cl. The van der Waals surface area contributed by atoms with E-state index in [0.29, 0.717) is 32.7 Å². The van der Waals surface area contributed by atoms with Crippen LogP contribution in [-0.2, 0) is 0 Å². The third-order valence-electron chi connectivity index (χ3n) is 4.21. The van der Waals surface area contributed by atoms with E-state index in [1.54, 1.807) is 36.4 Å². The van der Waals surface area contributed by atoms with Gasteiger partial charge < -0.3 is 10.3 Å². The van der Waals surface area contributed by atoms with Gasteiger partial charge in [-0.2, -0.15) is 0 Å². The second-order valence-electron chi connectivity index (χ2n) is 6.19. The molecule has 3 N–H and O–H groups in total. The summed E-state index contributed by atoms with van der Waals surface area (Å²) in [6.45, 7) is 0. The molecule has 5 nitrogen and oxygen atoms in total. The number of hydrogen-bond donors (Lipinski definition) is 3. The molecule has 0 saturated carbocycles. The van der Waals surface area contributed by atoms with Crippen LogP contribution in [0.4, 0.5) is 5.69 Å². The van der Waals surface area contributed by atoms with Gasteiger partial charge in [-0.05, 0) is 54.7 Å². The van der Waals surface area contributed by atoms with Crippen LogP contribution in [-0.4, -0.2) is 21.0 Å². The number of carbonyl (C=O) groups is 1. The molecule has 0 aliphatic carbocycles. The second-order valence-corrected chi connectivity index (χ2v) is 7.41. The van der Waals surface area contributed by atoms with Crippen molar-refractivity contribution < 1.29 is 4.79 Å². The van der Waals surface area contributed by atoms with Crippen LogP contribution in [0.1, 0.15) is 10.4 Å². The van der Waals surface area contributed by atoms with Gasteiger partial charge in [0.1, 0.15) is 5.82 Å². The van der Waals surface area contributed by atoms with Gasteiger partial charge in [0, 0.05) is 11.3 Å². The topological polar surface area (TPSA) is 69.8 Å². The lowest BCUT2D eigenvalue weighted by molar-refractivity contribution is 0.0978. The highest BCUT2D eigenvalue weighted by atomic mass is 35.5. The number of carbonyl (C=O) groups excluding carboxylic acids is 1. The highest BCUT2D eigenvalue weighted by molar-refractivity contribution is 7.80. The normalized spacial score (nSPS) is 10.7. The monoisotopic (exact) mass is 440 g/mol. The number of para-hydroxylation sites is 2. The molecule has 1 aromatic heterocycles. The molecular formula is C21H14Cl2N4OS. The number of aromatic nitrogens is 2. The van der Waals surface area contributed by atoms with E-state index in [1.807, 2.05) is 30.3 Å². The zero-order valence-corrected chi connectivity index (χ0v) is 17.2. The second kappa shape index (κ2) is 8.21. The van der Waals surface area contributed by atoms with Crippen molar-refractivity contribution in [3.05, 3.63) is 82.3 Å². The summed E-state index contributed by atoms with van der Waals surface area (Å²) in [6, 6.07) is 19.8. The number of nitrogens with one attached hydrogen (secondary N) is 3. The highest BCUT2D eigenvalue weighted by Crippen LogP contribution is 2.30. The van der Waals surface area contributed by atoms with Gasteiger partial charge in [0.15, 0.2) is 5.11 Å². The number of anilines is 1. The number of aromatic amines is 1. The quantitative estimate of drug-likeness (QED) is 0.359. The van der Waals surface area contributed by atoms with E-state index in [9.17, 15) is 4.79 Å². The van der Waals surface area contributed by atoms with Crippen LogP contribution < -0.4 is 10.6 Å². The number of fused-ring (bicyclic) bond motifs is 1. The van der Waals surface area contributed by atoms with Crippen molar-refractivity contribution >= 4 is 63.2 Å². The molecule has 0 atom stereocenters. The number of imidazole rings is 1. The molecule has 3 aromatic carbocycles. The van der Waals surface area contributed by atoms with Crippen molar-refractivity contribution in [2.24, 2.45) is 0 Å². The first-order chi connectivity index (χ1) is 14.0. The molecule has 0 bridgehead atoms.